The number of nitrogens with zero attached hydrogens (tertiary/aromatic N) is 1. The first-order valence-corrected chi connectivity index (χ1v) is 5.14. The van der Waals surface area contributed by atoms with Gasteiger partial charge in [0.25, 0.3) is 0 Å². The molecule has 0 bridgehead atoms. The summed E-state index contributed by atoms with van der Waals surface area (Å²) in [5.41, 5.74) is 3.49. The van der Waals surface area contributed by atoms with Crippen LogP contribution < -0.4 is 0 Å². The molecule has 1 aromatic carbocycles. The lowest BCUT2D eigenvalue weighted by Crippen LogP contribution is -2.31. The Morgan fingerprint density at radius 3 is 3.08 bits per heavy atom. The van der Waals surface area contributed by atoms with E-state index in [1.54, 1.807) is 11.1 Å². The van der Waals surface area contributed by atoms with Crippen molar-refractivity contribution in [2.45, 2.75) is 31.8 Å². The maximum Gasteiger partial charge on any atom is 0.0439 e. The smallest absolute Gasteiger partial charge is 0.0439 e. The van der Waals surface area contributed by atoms with E-state index in [2.05, 4.69) is 36.1 Å². The van der Waals surface area contributed by atoms with Gasteiger partial charge in [0, 0.05) is 12.1 Å². The topological polar surface area (TPSA) is 3.24 Å². The lowest BCUT2D eigenvalue weighted by molar-refractivity contribution is 0.178. The average Bonchev–Trinajstić information content (AvgIpc) is 2.60. The summed E-state index contributed by atoms with van der Waals surface area (Å²) >= 11 is 0. The zero-order valence-electron chi connectivity index (χ0n) is 8.09. The monoisotopic (exact) mass is 173 g/mol. The molecule has 0 radical (unpaired) electrons. The molecule has 0 amide bonds. The van der Waals surface area contributed by atoms with Crippen LogP contribution in [0.5, 0.6) is 0 Å². The molecule has 68 valence electrons. The third-order valence-corrected chi connectivity index (χ3v) is 3.75. The Kier molecular flexibility index (Phi) is 1.37. The Morgan fingerprint density at radius 2 is 2.15 bits per heavy atom. The predicted molar refractivity (Wildman–Crippen MR) is 53.4 cm³/mol. The first-order valence-electron chi connectivity index (χ1n) is 5.14. The highest BCUT2D eigenvalue weighted by Gasteiger charge is 2.43. The molecule has 0 saturated carbocycles. The zero-order chi connectivity index (χ0) is 8.89. The molecule has 1 aromatic rings. The van der Waals surface area contributed by atoms with Crippen LogP contribution in [0.25, 0.3) is 0 Å². The van der Waals surface area contributed by atoms with E-state index < -0.39 is 0 Å². The highest BCUT2D eigenvalue weighted by molar-refractivity contribution is 5.38. The molecule has 1 heteroatoms. The fourth-order valence-electron chi connectivity index (χ4n) is 2.97. The second-order valence-corrected chi connectivity index (χ2v) is 4.46. The molecule has 0 N–H and O–H groups in total. The molecular weight excluding hydrogens is 158 g/mol. The van der Waals surface area contributed by atoms with Crippen LogP contribution in [-0.2, 0) is 12.1 Å². The average molecular weight is 173 g/mol. The van der Waals surface area contributed by atoms with E-state index in [1.807, 2.05) is 0 Å². The van der Waals surface area contributed by atoms with Gasteiger partial charge in [-0.1, -0.05) is 24.3 Å². The standard InChI is InChI=1S/C12H15N/c1-12-7-4-8-13(12)9-10-5-2-3-6-11(10)12/h2-3,5-6H,4,7-9H2,1H3. The second kappa shape index (κ2) is 2.36. The predicted octanol–water partition coefficient (Wildman–Crippen LogP) is 2.51. The lowest BCUT2D eigenvalue weighted by Gasteiger charge is -2.28. The van der Waals surface area contributed by atoms with Crippen molar-refractivity contribution in [3.8, 4) is 0 Å². The number of fused-ring (bicyclic) bond motifs is 3. The SMILES string of the molecule is CC12CCCN1Cc1ccccc12. The maximum absolute atomic E-state index is 2.62. The molecule has 2 heterocycles. The van der Waals surface area contributed by atoms with E-state index in [9.17, 15) is 0 Å². The summed E-state index contributed by atoms with van der Waals surface area (Å²) < 4.78 is 0. The third-order valence-electron chi connectivity index (χ3n) is 3.75. The van der Waals surface area contributed by atoms with Crippen LogP contribution in [0.15, 0.2) is 24.3 Å². The van der Waals surface area contributed by atoms with Gasteiger partial charge in [-0.25, -0.2) is 0 Å². The summed E-state index contributed by atoms with van der Waals surface area (Å²) in [5, 5.41) is 0. The Labute approximate surface area is 79.4 Å². The van der Waals surface area contributed by atoms with E-state index in [-0.39, 0.29) is 0 Å². The molecule has 1 fully saturated rings. The molecule has 1 nitrogen and oxygen atoms in total. The molecular formula is C12H15N. The van der Waals surface area contributed by atoms with Crippen molar-refractivity contribution in [1.29, 1.82) is 0 Å². The molecule has 0 aliphatic carbocycles. The van der Waals surface area contributed by atoms with Gasteiger partial charge in [-0.2, -0.15) is 0 Å². The third kappa shape index (κ3) is 0.856. The summed E-state index contributed by atoms with van der Waals surface area (Å²) in [6.45, 7) is 4.85. The van der Waals surface area contributed by atoms with Crippen molar-refractivity contribution >= 4 is 0 Å². The summed E-state index contributed by atoms with van der Waals surface area (Å²) in [5.74, 6) is 0. The van der Waals surface area contributed by atoms with Gasteiger partial charge in [0.05, 0.1) is 0 Å². The van der Waals surface area contributed by atoms with Gasteiger partial charge >= 0.3 is 0 Å². The van der Waals surface area contributed by atoms with Gasteiger partial charge in [-0.15, -0.1) is 0 Å². The van der Waals surface area contributed by atoms with E-state index in [0.717, 1.165) is 0 Å². The minimum Gasteiger partial charge on any atom is -0.290 e. The Balaban J connectivity index is 2.17. The summed E-state index contributed by atoms with van der Waals surface area (Å²) in [6, 6.07) is 8.91. The molecule has 0 spiro atoms. The maximum atomic E-state index is 2.62. The Morgan fingerprint density at radius 1 is 1.31 bits per heavy atom. The van der Waals surface area contributed by atoms with Crippen molar-refractivity contribution < 1.29 is 0 Å². The van der Waals surface area contributed by atoms with Gasteiger partial charge < -0.3 is 0 Å². The fraction of sp³-hybridized carbons (Fsp3) is 0.500. The van der Waals surface area contributed by atoms with Crippen LogP contribution in [0.1, 0.15) is 30.9 Å². The van der Waals surface area contributed by atoms with Gasteiger partial charge in [0.2, 0.25) is 0 Å². The van der Waals surface area contributed by atoms with Crippen LogP contribution in [0.4, 0.5) is 0 Å². The zero-order valence-corrected chi connectivity index (χ0v) is 8.09. The van der Waals surface area contributed by atoms with Crippen molar-refractivity contribution in [3.05, 3.63) is 35.4 Å². The minimum atomic E-state index is 0.372. The Bertz CT molecular complexity index is 345. The van der Waals surface area contributed by atoms with E-state index in [1.165, 1.54) is 25.9 Å². The van der Waals surface area contributed by atoms with Gasteiger partial charge in [-0.3, -0.25) is 4.90 Å². The quantitative estimate of drug-likeness (QED) is 0.582. The Hall–Kier alpha value is -0.820. The van der Waals surface area contributed by atoms with Crippen molar-refractivity contribution in [1.82, 2.24) is 4.90 Å². The molecule has 1 unspecified atom stereocenters. The minimum absolute atomic E-state index is 0.372. The summed E-state index contributed by atoms with van der Waals surface area (Å²) in [6.07, 6.45) is 2.70. The fourth-order valence-corrected chi connectivity index (χ4v) is 2.97. The lowest BCUT2D eigenvalue weighted by atomic mass is 9.90. The van der Waals surface area contributed by atoms with E-state index >= 15 is 0 Å². The van der Waals surface area contributed by atoms with Crippen molar-refractivity contribution in [2.75, 3.05) is 6.54 Å². The first kappa shape index (κ1) is 7.57. The molecule has 13 heavy (non-hydrogen) atoms. The second-order valence-electron chi connectivity index (χ2n) is 4.46. The largest absolute Gasteiger partial charge is 0.290 e. The molecule has 1 atom stereocenters. The molecule has 3 rings (SSSR count). The highest BCUT2D eigenvalue weighted by Crippen LogP contribution is 2.45. The van der Waals surface area contributed by atoms with Gasteiger partial charge in [0.1, 0.15) is 0 Å². The van der Waals surface area contributed by atoms with Crippen molar-refractivity contribution in [2.24, 2.45) is 0 Å². The normalized spacial score (nSPS) is 31.8. The van der Waals surface area contributed by atoms with Crippen LogP contribution in [0.3, 0.4) is 0 Å². The van der Waals surface area contributed by atoms with Crippen molar-refractivity contribution in [3.63, 3.8) is 0 Å². The number of hydrogen-bond donors (Lipinski definition) is 0. The van der Waals surface area contributed by atoms with Gasteiger partial charge in [-0.05, 0) is 37.4 Å². The van der Waals surface area contributed by atoms with E-state index in [4.69, 9.17) is 0 Å². The van der Waals surface area contributed by atoms with Crippen LogP contribution in [0, 0.1) is 0 Å². The summed E-state index contributed by atoms with van der Waals surface area (Å²) in [4.78, 5) is 2.62. The molecule has 2 aliphatic heterocycles. The van der Waals surface area contributed by atoms with Crippen LogP contribution in [-0.4, -0.2) is 11.4 Å². The van der Waals surface area contributed by atoms with Gasteiger partial charge in [0.15, 0.2) is 0 Å². The number of hydrogen-bond acceptors (Lipinski definition) is 1. The number of rotatable bonds is 0. The van der Waals surface area contributed by atoms with Crippen LogP contribution in [0.2, 0.25) is 0 Å². The summed E-state index contributed by atoms with van der Waals surface area (Å²) in [7, 11) is 0. The molecule has 1 saturated heterocycles. The van der Waals surface area contributed by atoms with Crippen LogP contribution >= 0.6 is 0 Å². The van der Waals surface area contributed by atoms with E-state index in [0.29, 0.717) is 5.54 Å². The number of benzene rings is 1. The highest BCUT2D eigenvalue weighted by atomic mass is 15.2. The molecule has 0 aromatic heterocycles. The first-order chi connectivity index (χ1) is 6.31. The molecule has 2 aliphatic rings.